The highest BCUT2D eigenvalue weighted by Crippen LogP contribution is 2.27. The molecular weight excluding hydrogens is 410 g/mol. The number of nitro groups is 1. The minimum absolute atomic E-state index is 0.0280. The summed E-state index contributed by atoms with van der Waals surface area (Å²) in [7, 11) is 0. The maximum atomic E-state index is 13.0. The molecule has 4 rings (SSSR count). The van der Waals surface area contributed by atoms with Gasteiger partial charge in [-0.05, 0) is 43.2 Å². The van der Waals surface area contributed by atoms with Crippen molar-refractivity contribution in [2.24, 2.45) is 5.92 Å². The Morgan fingerprint density at radius 3 is 2.44 bits per heavy atom. The number of hydrogen-bond donors (Lipinski definition) is 1. The summed E-state index contributed by atoms with van der Waals surface area (Å²) in [4.78, 5) is 37.6. The van der Waals surface area contributed by atoms with Crippen LogP contribution in [0, 0.1) is 23.0 Å². The minimum atomic E-state index is -0.492. The number of nitrogens with zero attached hydrogens (tertiary/aromatic N) is 4. The molecule has 0 aliphatic carbocycles. The van der Waals surface area contributed by atoms with E-state index in [0.29, 0.717) is 23.7 Å². The number of amides is 2. The average molecular weight is 433 g/mol. The lowest BCUT2D eigenvalue weighted by Crippen LogP contribution is -2.28. The summed E-state index contributed by atoms with van der Waals surface area (Å²) in [5, 5.41) is 18.1. The van der Waals surface area contributed by atoms with E-state index in [-0.39, 0.29) is 23.9 Å². The first kappa shape index (κ1) is 21.2. The molecule has 1 aliphatic heterocycles. The van der Waals surface area contributed by atoms with E-state index >= 15 is 0 Å². The van der Waals surface area contributed by atoms with Crippen molar-refractivity contribution in [2.75, 3.05) is 16.8 Å². The van der Waals surface area contributed by atoms with Gasteiger partial charge in [0.15, 0.2) is 0 Å². The number of non-ortho nitro benzene ring substituents is 1. The Morgan fingerprint density at radius 1 is 1.16 bits per heavy atom. The van der Waals surface area contributed by atoms with Crippen LogP contribution in [0.15, 0.2) is 54.6 Å². The van der Waals surface area contributed by atoms with Crippen LogP contribution in [0.3, 0.4) is 0 Å². The Hall–Kier alpha value is -4.01. The summed E-state index contributed by atoms with van der Waals surface area (Å²) in [6.45, 7) is 4.17. The summed E-state index contributed by atoms with van der Waals surface area (Å²) in [6.07, 6.45) is 1.05. The van der Waals surface area contributed by atoms with Crippen LogP contribution in [0.4, 0.5) is 17.2 Å². The zero-order valence-corrected chi connectivity index (χ0v) is 17.8. The van der Waals surface area contributed by atoms with E-state index in [1.165, 1.54) is 22.4 Å². The number of carbonyl (C=O) groups excluding carboxylic acids is 2. The molecule has 0 bridgehead atoms. The molecule has 164 valence electrons. The van der Waals surface area contributed by atoms with E-state index in [9.17, 15) is 19.7 Å². The number of aryl methyl sites for hydroxylation is 2. The maximum absolute atomic E-state index is 13.0. The van der Waals surface area contributed by atoms with Gasteiger partial charge in [-0.1, -0.05) is 19.1 Å². The predicted octanol–water partition coefficient (Wildman–Crippen LogP) is 3.64. The molecular formula is C23H23N5O4. The molecule has 2 heterocycles. The molecule has 2 amide bonds. The molecule has 1 aromatic heterocycles. The van der Waals surface area contributed by atoms with Crippen LogP contribution < -0.4 is 10.2 Å². The Labute approximate surface area is 184 Å². The molecule has 2 aromatic carbocycles. The molecule has 9 nitrogen and oxygen atoms in total. The first-order chi connectivity index (χ1) is 15.4. The van der Waals surface area contributed by atoms with Crippen molar-refractivity contribution in [2.45, 2.75) is 26.7 Å². The Balaban J connectivity index is 1.49. The van der Waals surface area contributed by atoms with Gasteiger partial charge in [-0.15, -0.1) is 0 Å². The summed E-state index contributed by atoms with van der Waals surface area (Å²) in [5.74, 6) is -0.406. The van der Waals surface area contributed by atoms with Crippen molar-refractivity contribution in [1.29, 1.82) is 0 Å². The van der Waals surface area contributed by atoms with Crippen LogP contribution >= 0.6 is 0 Å². The summed E-state index contributed by atoms with van der Waals surface area (Å²) < 4.78 is 1.52. The van der Waals surface area contributed by atoms with Crippen molar-refractivity contribution >= 4 is 29.0 Å². The highest BCUT2D eigenvalue weighted by atomic mass is 16.6. The SMILES string of the molecule is CCc1ccc(N2CC(C(=O)Nc3cc(C)nn3-c3ccc([N+](=O)[O-])cc3)CC2=O)cc1. The van der Waals surface area contributed by atoms with E-state index in [1.54, 1.807) is 30.0 Å². The molecule has 1 fully saturated rings. The largest absolute Gasteiger partial charge is 0.312 e. The number of hydrogen-bond acceptors (Lipinski definition) is 5. The molecule has 1 aliphatic rings. The van der Waals surface area contributed by atoms with Crippen molar-refractivity contribution in [3.8, 4) is 5.69 Å². The van der Waals surface area contributed by atoms with Crippen LogP contribution in [0.25, 0.3) is 5.69 Å². The topological polar surface area (TPSA) is 110 Å². The normalized spacial score (nSPS) is 15.8. The van der Waals surface area contributed by atoms with Crippen molar-refractivity contribution in [3.63, 3.8) is 0 Å². The molecule has 0 radical (unpaired) electrons. The van der Waals surface area contributed by atoms with Crippen LogP contribution in [-0.2, 0) is 16.0 Å². The maximum Gasteiger partial charge on any atom is 0.269 e. The third-order valence-electron chi connectivity index (χ3n) is 5.54. The Morgan fingerprint density at radius 2 is 1.81 bits per heavy atom. The van der Waals surface area contributed by atoms with Crippen LogP contribution in [0.2, 0.25) is 0 Å². The first-order valence-corrected chi connectivity index (χ1v) is 10.4. The smallest absolute Gasteiger partial charge is 0.269 e. The average Bonchev–Trinajstić information content (AvgIpc) is 3.36. The van der Waals surface area contributed by atoms with Crippen LogP contribution in [-0.4, -0.2) is 33.1 Å². The number of anilines is 2. The van der Waals surface area contributed by atoms with Gasteiger partial charge < -0.3 is 10.2 Å². The molecule has 3 aromatic rings. The zero-order chi connectivity index (χ0) is 22.8. The van der Waals surface area contributed by atoms with Crippen LogP contribution in [0.5, 0.6) is 0 Å². The third-order valence-corrected chi connectivity index (χ3v) is 5.54. The molecule has 1 unspecified atom stereocenters. The second-order valence-electron chi connectivity index (χ2n) is 7.77. The molecule has 0 saturated carbocycles. The number of carbonyl (C=O) groups is 2. The van der Waals surface area contributed by atoms with Gasteiger partial charge in [-0.25, -0.2) is 4.68 Å². The summed E-state index contributed by atoms with van der Waals surface area (Å²) in [5.41, 5.74) is 3.21. The number of aromatic nitrogens is 2. The van der Waals surface area contributed by atoms with Gasteiger partial charge in [-0.3, -0.25) is 19.7 Å². The fraction of sp³-hybridized carbons (Fsp3) is 0.261. The minimum Gasteiger partial charge on any atom is -0.312 e. The number of rotatable bonds is 6. The third kappa shape index (κ3) is 4.22. The van der Waals surface area contributed by atoms with Gasteiger partial charge in [0.2, 0.25) is 11.8 Å². The molecule has 1 saturated heterocycles. The lowest BCUT2D eigenvalue weighted by atomic mass is 10.1. The fourth-order valence-electron chi connectivity index (χ4n) is 3.77. The van der Waals surface area contributed by atoms with Crippen molar-refractivity contribution in [3.05, 3.63) is 76.0 Å². The second-order valence-corrected chi connectivity index (χ2v) is 7.77. The number of benzene rings is 2. The lowest BCUT2D eigenvalue weighted by Gasteiger charge is -2.17. The molecule has 32 heavy (non-hydrogen) atoms. The van der Waals surface area contributed by atoms with E-state index in [1.807, 2.05) is 24.3 Å². The summed E-state index contributed by atoms with van der Waals surface area (Å²) >= 11 is 0. The predicted molar refractivity (Wildman–Crippen MR) is 120 cm³/mol. The molecule has 1 atom stereocenters. The molecule has 0 spiro atoms. The highest BCUT2D eigenvalue weighted by Gasteiger charge is 2.35. The second kappa shape index (κ2) is 8.62. The van der Waals surface area contributed by atoms with E-state index in [2.05, 4.69) is 17.3 Å². The molecule has 1 N–H and O–H groups in total. The van der Waals surface area contributed by atoms with Gasteiger partial charge in [0, 0.05) is 36.9 Å². The zero-order valence-electron chi connectivity index (χ0n) is 17.8. The van der Waals surface area contributed by atoms with Gasteiger partial charge >= 0.3 is 0 Å². The number of nitro benzene ring substituents is 1. The van der Waals surface area contributed by atoms with E-state index in [4.69, 9.17) is 0 Å². The van der Waals surface area contributed by atoms with Crippen molar-refractivity contribution < 1.29 is 14.5 Å². The van der Waals surface area contributed by atoms with E-state index < -0.39 is 10.8 Å². The Kier molecular flexibility index (Phi) is 5.72. The standard InChI is InChI=1S/C23H23N5O4/c1-3-16-4-6-18(7-5-16)26-14-17(13-22(26)29)23(30)24-21-12-15(2)25-27(21)19-8-10-20(11-9-19)28(31)32/h4-12,17H,3,13-14H2,1-2H3,(H,24,30). The fourth-order valence-corrected chi connectivity index (χ4v) is 3.77. The quantitative estimate of drug-likeness (QED) is 0.471. The summed E-state index contributed by atoms with van der Waals surface area (Å²) in [6, 6.07) is 15.4. The first-order valence-electron chi connectivity index (χ1n) is 10.4. The highest BCUT2D eigenvalue weighted by molar-refractivity contribution is 6.03. The van der Waals surface area contributed by atoms with Crippen molar-refractivity contribution in [1.82, 2.24) is 9.78 Å². The molecule has 9 heteroatoms. The monoisotopic (exact) mass is 433 g/mol. The van der Waals surface area contributed by atoms with Gasteiger partial charge in [0.05, 0.1) is 22.2 Å². The van der Waals surface area contributed by atoms with Crippen LogP contribution in [0.1, 0.15) is 24.6 Å². The van der Waals surface area contributed by atoms with Gasteiger partial charge in [-0.2, -0.15) is 5.10 Å². The number of nitrogens with one attached hydrogen (secondary N) is 1. The van der Waals surface area contributed by atoms with Gasteiger partial charge in [0.25, 0.3) is 5.69 Å². The van der Waals surface area contributed by atoms with Gasteiger partial charge in [0.1, 0.15) is 5.82 Å². The Bertz CT molecular complexity index is 1170. The lowest BCUT2D eigenvalue weighted by molar-refractivity contribution is -0.384. The van der Waals surface area contributed by atoms with E-state index in [0.717, 1.165) is 12.1 Å².